The summed E-state index contributed by atoms with van der Waals surface area (Å²) in [5.74, 6) is 2.82. The molecule has 2 saturated carbocycles. The average molecular weight is 359 g/mol. The zero-order chi connectivity index (χ0) is 18.3. The van der Waals surface area contributed by atoms with E-state index in [1.54, 1.807) is 0 Å². The minimum absolute atomic E-state index is 0.0744. The summed E-state index contributed by atoms with van der Waals surface area (Å²) in [5, 5.41) is 20.7. The Bertz CT molecular complexity index is 642. The molecule has 1 aromatic carbocycles. The summed E-state index contributed by atoms with van der Waals surface area (Å²) in [4.78, 5) is 0. The largest absolute Gasteiger partial charge is 0.508 e. The molecule has 0 amide bonds. The lowest BCUT2D eigenvalue weighted by molar-refractivity contribution is -0.0544. The number of ether oxygens (including phenoxy) is 1. The maximum Gasteiger partial charge on any atom is 0.115 e. The highest BCUT2D eigenvalue weighted by atomic mass is 16.5. The molecular weight excluding hydrogens is 324 g/mol. The van der Waals surface area contributed by atoms with E-state index in [-0.39, 0.29) is 11.5 Å². The minimum atomic E-state index is -0.145. The van der Waals surface area contributed by atoms with Crippen LogP contribution in [0.4, 0.5) is 0 Å². The Morgan fingerprint density at radius 3 is 2.85 bits per heavy atom. The standard InChI is InChI=1S/C23H34O3/c1-3-11-26-12-10-16-14-23(2)20(8-9-21(23)25)19-6-4-15-13-17(24)5-7-18(15)22(16)19/h5,7,13,16,19-22,24-25H,3-4,6,8-12,14H2,1-2H3/t16-,19-,20-,21-,22+,23-/m0/s1. The molecule has 6 atom stereocenters. The lowest BCUT2D eigenvalue weighted by Gasteiger charge is -2.54. The van der Waals surface area contributed by atoms with E-state index in [4.69, 9.17) is 4.74 Å². The number of hydrogen-bond donors (Lipinski definition) is 2. The van der Waals surface area contributed by atoms with Gasteiger partial charge in [0.25, 0.3) is 0 Å². The Kier molecular flexibility index (Phi) is 5.04. The third kappa shape index (κ3) is 2.97. The van der Waals surface area contributed by atoms with Gasteiger partial charge in [-0.1, -0.05) is 19.9 Å². The highest BCUT2D eigenvalue weighted by Crippen LogP contribution is 2.63. The topological polar surface area (TPSA) is 49.7 Å². The zero-order valence-electron chi connectivity index (χ0n) is 16.3. The van der Waals surface area contributed by atoms with Crippen LogP contribution in [0.3, 0.4) is 0 Å². The highest BCUT2D eigenvalue weighted by Gasteiger charge is 2.57. The summed E-state index contributed by atoms with van der Waals surface area (Å²) in [5.41, 5.74) is 2.88. The molecule has 0 spiro atoms. The van der Waals surface area contributed by atoms with Gasteiger partial charge >= 0.3 is 0 Å². The van der Waals surface area contributed by atoms with Gasteiger partial charge in [0.2, 0.25) is 0 Å². The van der Waals surface area contributed by atoms with Crippen LogP contribution in [-0.2, 0) is 11.2 Å². The Morgan fingerprint density at radius 2 is 2.04 bits per heavy atom. The molecule has 0 bridgehead atoms. The number of aliphatic hydroxyl groups is 1. The number of benzene rings is 1. The van der Waals surface area contributed by atoms with Crippen LogP contribution in [0.5, 0.6) is 5.75 Å². The van der Waals surface area contributed by atoms with Gasteiger partial charge in [0.15, 0.2) is 0 Å². The normalized spacial score (nSPS) is 38.5. The Morgan fingerprint density at radius 1 is 1.19 bits per heavy atom. The van der Waals surface area contributed by atoms with E-state index in [1.165, 1.54) is 24.0 Å². The molecule has 0 unspecified atom stereocenters. The molecule has 2 N–H and O–H groups in total. The predicted molar refractivity (Wildman–Crippen MR) is 103 cm³/mol. The number of phenols is 1. The second-order valence-corrected chi connectivity index (χ2v) is 9.18. The molecule has 0 aliphatic heterocycles. The van der Waals surface area contributed by atoms with Crippen molar-refractivity contribution in [1.29, 1.82) is 0 Å². The first kappa shape index (κ1) is 18.3. The van der Waals surface area contributed by atoms with E-state index in [1.807, 2.05) is 12.1 Å². The van der Waals surface area contributed by atoms with E-state index in [2.05, 4.69) is 19.9 Å². The van der Waals surface area contributed by atoms with Crippen LogP contribution in [-0.4, -0.2) is 29.5 Å². The first-order valence-corrected chi connectivity index (χ1v) is 10.6. The molecule has 2 fully saturated rings. The van der Waals surface area contributed by atoms with Gasteiger partial charge in [0, 0.05) is 13.2 Å². The van der Waals surface area contributed by atoms with Crippen LogP contribution in [0.15, 0.2) is 18.2 Å². The summed E-state index contributed by atoms with van der Waals surface area (Å²) < 4.78 is 5.84. The number of hydrogen-bond acceptors (Lipinski definition) is 3. The fraction of sp³-hybridized carbons (Fsp3) is 0.739. The maximum absolute atomic E-state index is 10.8. The Hall–Kier alpha value is -1.06. The van der Waals surface area contributed by atoms with Crippen LogP contribution in [0.2, 0.25) is 0 Å². The van der Waals surface area contributed by atoms with Crippen molar-refractivity contribution in [2.75, 3.05) is 13.2 Å². The SMILES string of the molecule is CCCOCC[C@H]1C[C@]2(C)[C@@H](O)CC[C@H]2[C@@H]2CCc3cc(O)ccc3[C@@H]12. The van der Waals surface area contributed by atoms with Crippen molar-refractivity contribution in [3.05, 3.63) is 29.3 Å². The molecule has 26 heavy (non-hydrogen) atoms. The number of fused-ring (bicyclic) bond motifs is 5. The number of rotatable bonds is 5. The van der Waals surface area contributed by atoms with Gasteiger partial charge in [-0.05, 0) is 97.3 Å². The van der Waals surface area contributed by atoms with Gasteiger partial charge in [0.1, 0.15) is 5.75 Å². The maximum atomic E-state index is 10.8. The lowest BCUT2D eigenvalue weighted by Crippen LogP contribution is -2.48. The van der Waals surface area contributed by atoms with Crippen molar-refractivity contribution in [1.82, 2.24) is 0 Å². The zero-order valence-corrected chi connectivity index (χ0v) is 16.3. The van der Waals surface area contributed by atoms with Gasteiger partial charge in [-0.3, -0.25) is 0 Å². The van der Waals surface area contributed by atoms with E-state index in [0.29, 0.717) is 29.4 Å². The number of aromatic hydroxyl groups is 1. The second-order valence-electron chi connectivity index (χ2n) is 9.18. The van der Waals surface area contributed by atoms with Crippen LogP contribution >= 0.6 is 0 Å². The number of phenolic OH excluding ortho intramolecular Hbond substituents is 1. The Balaban J connectivity index is 1.65. The molecule has 3 nitrogen and oxygen atoms in total. The van der Waals surface area contributed by atoms with Crippen LogP contribution in [0, 0.1) is 23.2 Å². The van der Waals surface area contributed by atoms with Crippen molar-refractivity contribution >= 4 is 0 Å². The summed E-state index contributed by atoms with van der Waals surface area (Å²) >= 11 is 0. The number of aryl methyl sites for hydroxylation is 1. The first-order valence-electron chi connectivity index (χ1n) is 10.6. The molecule has 0 aromatic heterocycles. The van der Waals surface area contributed by atoms with Gasteiger partial charge in [-0.2, -0.15) is 0 Å². The molecule has 0 heterocycles. The lowest BCUT2D eigenvalue weighted by atomic mass is 9.51. The first-order chi connectivity index (χ1) is 12.5. The average Bonchev–Trinajstić information content (AvgIpc) is 2.93. The predicted octanol–water partition coefficient (Wildman–Crippen LogP) is 4.65. The third-order valence-corrected chi connectivity index (χ3v) is 7.76. The molecule has 0 radical (unpaired) electrons. The van der Waals surface area contributed by atoms with E-state index in [0.717, 1.165) is 45.3 Å². The van der Waals surface area contributed by atoms with Crippen molar-refractivity contribution in [3.63, 3.8) is 0 Å². The van der Waals surface area contributed by atoms with Crippen LogP contribution in [0.1, 0.15) is 69.4 Å². The van der Waals surface area contributed by atoms with Crippen molar-refractivity contribution in [3.8, 4) is 5.75 Å². The summed E-state index contributed by atoms with van der Waals surface area (Å²) in [7, 11) is 0. The molecule has 3 aliphatic carbocycles. The summed E-state index contributed by atoms with van der Waals surface area (Å²) in [6, 6.07) is 6.02. The Labute approximate surface area is 157 Å². The minimum Gasteiger partial charge on any atom is -0.508 e. The smallest absolute Gasteiger partial charge is 0.115 e. The summed E-state index contributed by atoms with van der Waals surface area (Å²) in [6.45, 7) is 6.17. The molecule has 4 rings (SSSR count). The van der Waals surface area contributed by atoms with E-state index < -0.39 is 0 Å². The number of aliphatic hydroxyl groups excluding tert-OH is 1. The highest BCUT2D eigenvalue weighted by molar-refractivity contribution is 5.40. The van der Waals surface area contributed by atoms with Gasteiger partial charge in [-0.15, -0.1) is 0 Å². The van der Waals surface area contributed by atoms with E-state index >= 15 is 0 Å². The fourth-order valence-electron chi connectivity index (χ4n) is 6.61. The molecule has 1 aromatic rings. The second kappa shape index (κ2) is 7.16. The van der Waals surface area contributed by atoms with E-state index in [9.17, 15) is 10.2 Å². The monoisotopic (exact) mass is 358 g/mol. The van der Waals surface area contributed by atoms with Crippen molar-refractivity contribution in [2.24, 2.45) is 23.2 Å². The molecule has 144 valence electrons. The van der Waals surface area contributed by atoms with Crippen molar-refractivity contribution < 1.29 is 14.9 Å². The molecular formula is C23H34O3. The van der Waals surface area contributed by atoms with Gasteiger partial charge in [0.05, 0.1) is 6.10 Å². The quantitative estimate of drug-likeness (QED) is 0.753. The fourth-order valence-corrected chi connectivity index (χ4v) is 6.61. The van der Waals surface area contributed by atoms with Crippen LogP contribution < -0.4 is 0 Å². The summed E-state index contributed by atoms with van der Waals surface area (Å²) in [6.07, 6.45) is 7.50. The molecule has 3 heteroatoms. The molecule has 0 saturated heterocycles. The van der Waals surface area contributed by atoms with Gasteiger partial charge < -0.3 is 14.9 Å². The van der Waals surface area contributed by atoms with Crippen molar-refractivity contribution in [2.45, 2.75) is 70.8 Å². The third-order valence-electron chi connectivity index (χ3n) is 7.76. The van der Waals surface area contributed by atoms with Crippen LogP contribution in [0.25, 0.3) is 0 Å². The van der Waals surface area contributed by atoms with Gasteiger partial charge in [-0.25, -0.2) is 0 Å². The molecule has 3 aliphatic rings.